The van der Waals surface area contributed by atoms with Crippen LogP contribution in [0.4, 0.5) is 0 Å². The number of aryl methyl sites for hydroxylation is 2. The normalized spacial score (nSPS) is 16.9. The third-order valence-corrected chi connectivity index (χ3v) is 4.36. The first-order chi connectivity index (χ1) is 9.42. The summed E-state index contributed by atoms with van der Waals surface area (Å²) in [5.41, 5.74) is 2.12. The Labute approximate surface area is 118 Å². The number of methoxy groups -OCH3 is 1. The van der Waals surface area contributed by atoms with E-state index >= 15 is 0 Å². The first-order valence-corrected chi connectivity index (χ1v) is 6.86. The molecule has 0 atom stereocenters. The highest BCUT2D eigenvalue weighted by molar-refractivity contribution is 5.92. The molecule has 1 aliphatic rings. The van der Waals surface area contributed by atoms with Crippen LogP contribution in [0.5, 0.6) is 0 Å². The van der Waals surface area contributed by atoms with Crippen molar-refractivity contribution in [3.8, 4) is 0 Å². The molecule has 0 aliphatic heterocycles. The van der Waals surface area contributed by atoms with Crippen molar-refractivity contribution >= 4 is 11.9 Å². The molecule has 1 aromatic rings. The van der Waals surface area contributed by atoms with Crippen molar-refractivity contribution in [2.75, 3.05) is 7.11 Å². The molecule has 108 valence electrons. The summed E-state index contributed by atoms with van der Waals surface area (Å²) in [6.07, 6.45) is 3.08. The predicted molar refractivity (Wildman–Crippen MR) is 75.0 cm³/mol. The number of carbonyl (C=O) groups excluding carboxylic acids is 1. The lowest BCUT2D eigenvalue weighted by molar-refractivity contribution is -0.143. The van der Waals surface area contributed by atoms with Gasteiger partial charge in [-0.2, -0.15) is 0 Å². The monoisotopic (exact) mass is 276 g/mol. The topological polar surface area (TPSA) is 63.6 Å². The zero-order valence-electron chi connectivity index (χ0n) is 12.2. The average molecular weight is 276 g/mol. The van der Waals surface area contributed by atoms with Gasteiger partial charge in [-0.1, -0.05) is 18.9 Å². The number of carboxylic acid groups (broad SMARTS) is 1. The summed E-state index contributed by atoms with van der Waals surface area (Å²) in [5.74, 6) is -1.21. The van der Waals surface area contributed by atoms with E-state index in [1.54, 1.807) is 6.07 Å². The maximum absolute atomic E-state index is 11.8. The lowest BCUT2D eigenvalue weighted by Gasteiger charge is -2.27. The number of ether oxygens (including phenoxy) is 1. The average Bonchev–Trinajstić information content (AvgIpc) is 2.88. The standard InChI is InChI=1S/C16H20O4/c1-10-8-11(2)13(9-12(10)14(17)20-3)16(15(18)19)6-4-5-7-16/h8-9H,4-7H2,1-3H3,(H,18,19). The van der Waals surface area contributed by atoms with Crippen LogP contribution in [0.2, 0.25) is 0 Å². The lowest BCUT2D eigenvalue weighted by Crippen LogP contribution is -2.33. The Hall–Kier alpha value is -1.84. The van der Waals surface area contributed by atoms with Crippen LogP contribution < -0.4 is 0 Å². The van der Waals surface area contributed by atoms with Crippen molar-refractivity contribution in [2.45, 2.75) is 44.9 Å². The minimum absolute atomic E-state index is 0.415. The molecule has 1 saturated carbocycles. The molecular weight excluding hydrogens is 256 g/mol. The molecule has 1 N–H and O–H groups in total. The van der Waals surface area contributed by atoms with Crippen molar-refractivity contribution in [3.63, 3.8) is 0 Å². The van der Waals surface area contributed by atoms with Crippen LogP contribution in [0.1, 0.15) is 52.7 Å². The van der Waals surface area contributed by atoms with Gasteiger partial charge >= 0.3 is 11.9 Å². The fourth-order valence-corrected chi connectivity index (χ4v) is 3.27. The molecule has 0 amide bonds. The van der Waals surface area contributed by atoms with Crippen molar-refractivity contribution < 1.29 is 19.4 Å². The number of hydrogen-bond acceptors (Lipinski definition) is 3. The maximum atomic E-state index is 11.8. The second-order valence-electron chi connectivity index (χ2n) is 5.57. The van der Waals surface area contributed by atoms with E-state index in [4.69, 9.17) is 4.74 Å². The van der Waals surface area contributed by atoms with Crippen LogP contribution in [0.25, 0.3) is 0 Å². The zero-order valence-corrected chi connectivity index (χ0v) is 12.2. The Morgan fingerprint density at radius 3 is 2.25 bits per heavy atom. The van der Waals surface area contributed by atoms with E-state index < -0.39 is 17.4 Å². The molecule has 0 unspecified atom stereocenters. The number of aliphatic carboxylic acids is 1. The summed E-state index contributed by atoms with van der Waals surface area (Å²) in [4.78, 5) is 23.6. The second-order valence-corrected chi connectivity index (χ2v) is 5.57. The first kappa shape index (κ1) is 14.6. The van der Waals surface area contributed by atoms with Crippen molar-refractivity contribution in [2.24, 2.45) is 0 Å². The van der Waals surface area contributed by atoms with E-state index in [1.165, 1.54) is 7.11 Å². The largest absolute Gasteiger partial charge is 0.481 e. The molecule has 0 spiro atoms. The Morgan fingerprint density at radius 2 is 1.75 bits per heavy atom. The van der Waals surface area contributed by atoms with Gasteiger partial charge in [-0.15, -0.1) is 0 Å². The van der Waals surface area contributed by atoms with Crippen molar-refractivity contribution in [1.29, 1.82) is 0 Å². The van der Waals surface area contributed by atoms with Gasteiger partial charge in [0.25, 0.3) is 0 Å². The summed E-state index contributed by atoms with van der Waals surface area (Å²) in [6, 6.07) is 3.60. The number of hydrogen-bond donors (Lipinski definition) is 1. The summed E-state index contributed by atoms with van der Waals surface area (Å²) in [5, 5.41) is 9.68. The van der Waals surface area contributed by atoms with Gasteiger partial charge in [0.05, 0.1) is 18.1 Å². The van der Waals surface area contributed by atoms with Gasteiger partial charge in [-0.25, -0.2) is 4.79 Å². The number of carboxylic acids is 1. The van der Waals surface area contributed by atoms with Gasteiger partial charge in [-0.05, 0) is 49.4 Å². The van der Waals surface area contributed by atoms with E-state index in [-0.39, 0.29) is 0 Å². The molecule has 0 radical (unpaired) electrons. The van der Waals surface area contributed by atoms with E-state index in [0.29, 0.717) is 18.4 Å². The summed E-state index contributed by atoms with van der Waals surface area (Å²) in [6.45, 7) is 3.75. The van der Waals surface area contributed by atoms with Gasteiger partial charge < -0.3 is 9.84 Å². The molecule has 0 saturated heterocycles. The Kier molecular flexibility index (Phi) is 3.84. The highest BCUT2D eigenvalue weighted by Crippen LogP contribution is 2.43. The third-order valence-electron chi connectivity index (χ3n) is 4.36. The molecule has 2 rings (SSSR count). The van der Waals surface area contributed by atoms with E-state index in [2.05, 4.69) is 0 Å². The predicted octanol–water partition coefficient (Wildman–Crippen LogP) is 2.99. The molecule has 0 aromatic heterocycles. The molecule has 1 aliphatic carbocycles. The van der Waals surface area contributed by atoms with Gasteiger partial charge in [0.1, 0.15) is 0 Å². The minimum Gasteiger partial charge on any atom is -0.481 e. The SMILES string of the molecule is COC(=O)c1cc(C2(C(=O)O)CCCC2)c(C)cc1C. The van der Waals surface area contributed by atoms with Gasteiger partial charge in [0.15, 0.2) is 0 Å². The molecule has 1 aromatic carbocycles. The van der Waals surface area contributed by atoms with Crippen LogP contribution in [0.15, 0.2) is 12.1 Å². The second kappa shape index (κ2) is 5.27. The van der Waals surface area contributed by atoms with E-state index in [9.17, 15) is 14.7 Å². The van der Waals surface area contributed by atoms with Gasteiger partial charge in [0, 0.05) is 0 Å². The highest BCUT2D eigenvalue weighted by Gasteiger charge is 2.44. The Morgan fingerprint density at radius 1 is 1.15 bits per heavy atom. The lowest BCUT2D eigenvalue weighted by atomic mass is 9.76. The molecular formula is C16H20O4. The summed E-state index contributed by atoms with van der Waals surface area (Å²) >= 11 is 0. The fourth-order valence-electron chi connectivity index (χ4n) is 3.27. The Bertz CT molecular complexity index is 554. The summed E-state index contributed by atoms with van der Waals surface area (Å²) in [7, 11) is 1.34. The molecule has 4 nitrogen and oxygen atoms in total. The number of rotatable bonds is 3. The van der Waals surface area contributed by atoms with Crippen LogP contribution in [-0.4, -0.2) is 24.2 Å². The smallest absolute Gasteiger partial charge is 0.338 e. The molecule has 0 bridgehead atoms. The van der Waals surface area contributed by atoms with Crippen LogP contribution in [0, 0.1) is 13.8 Å². The first-order valence-electron chi connectivity index (χ1n) is 6.86. The molecule has 20 heavy (non-hydrogen) atoms. The zero-order chi connectivity index (χ0) is 14.9. The maximum Gasteiger partial charge on any atom is 0.338 e. The number of esters is 1. The fraction of sp³-hybridized carbons (Fsp3) is 0.500. The molecule has 0 heterocycles. The van der Waals surface area contributed by atoms with Gasteiger partial charge in [0.2, 0.25) is 0 Å². The van der Waals surface area contributed by atoms with Gasteiger partial charge in [-0.3, -0.25) is 4.79 Å². The van der Waals surface area contributed by atoms with Crippen LogP contribution in [-0.2, 0) is 14.9 Å². The summed E-state index contributed by atoms with van der Waals surface area (Å²) < 4.78 is 4.78. The molecule has 1 fully saturated rings. The molecule has 4 heteroatoms. The third kappa shape index (κ3) is 2.19. The minimum atomic E-state index is -0.847. The van der Waals surface area contributed by atoms with Crippen LogP contribution >= 0.6 is 0 Å². The van der Waals surface area contributed by atoms with E-state index in [0.717, 1.165) is 29.5 Å². The highest BCUT2D eigenvalue weighted by atomic mass is 16.5. The van der Waals surface area contributed by atoms with Crippen molar-refractivity contribution in [3.05, 3.63) is 34.4 Å². The van der Waals surface area contributed by atoms with Crippen LogP contribution in [0.3, 0.4) is 0 Å². The van der Waals surface area contributed by atoms with E-state index in [1.807, 2.05) is 19.9 Å². The Balaban J connectivity index is 2.61. The number of benzene rings is 1. The van der Waals surface area contributed by atoms with Crippen molar-refractivity contribution in [1.82, 2.24) is 0 Å². The quantitative estimate of drug-likeness (QED) is 0.862. The number of carbonyl (C=O) groups is 2.